The summed E-state index contributed by atoms with van der Waals surface area (Å²) in [5.41, 5.74) is -0.229. The fourth-order valence-electron chi connectivity index (χ4n) is 3.19. The predicted molar refractivity (Wildman–Crippen MR) is 109 cm³/mol. The number of nitrogens with zero attached hydrogens (tertiary/aromatic N) is 3. The lowest BCUT2D eigenvalue weighted by Gasteiger charge is -2.34. The van der Waals surface area contributed by atoms with Crippen LogP contribution in [0.3, 0.4) is 0 Å². The van der Waals surface area contributed by atoms with Gasteiger partial charge in [0.1, 0.15) is 5.65 Å². The average Bonchev–Trinajstić information content (AvgIpc) is 2.63. The van der Waals surface area contributed by atoms with E-state index in [2.05, 4.69) is 22.5 Å². The number of nitrogens with one attached hydrogen (secondary N) is 2. The Kier molecular flexibility index (Phi) is 7.59. The molecule has 2 N–H and O–H groups in total. The van der Waals surface area contributed by atoms with Gasteiger partial charge in [0.25, 0.3) is 11.5 Å². The second-order valence-electron chi connectivity index (χ2n) is 7.04. The third-order valence-electron chi connectivity index (χ3n) is 5.04. The summed E-state index contributed by atoms with van der Waals surface area (Å²) in [7, 11) is 2.96. The number of carbonyl (C=O) groups is 1. The van der Waals surface area contributed by atoms with Gasteiger partial charge in [-0.15, -0.1) is 24.8 Å². The summed E-state index contributed by atoms with van der Waals surface area (Å²) in [6, 6.07) is 1.50. The summed E-state index contributed by atoms with van der Waals surface area (Å²) < 4.78 is 2.32. The molecule has 0 bridgehead atoms. The second kappa shape index (κ2) is 8.86. The highest BCUT2D eigenvalue weighted by atomic mass is 35.5. The molecule has 3 rings (SSSR count). The SMILES string of the molecule is Cl.Cl.Cn1c(=O)c2cc(C(=O)NCC3(C)CCNCC3)cnc2n(C)c1=O. The normalized spacial score (nSPS) is 15.5. The predicted octanol–water partition coefficient (Wildman–Crippen LogP) is 0.595. The van der Waals surface area contributed by atoms with Crippen LogP contribution in [0.1, 0.15) is 30.1 Å². The molecule has 150 valence electrons. The van der Waals surface area contributed by atoms with Crippen LogP contribution < -0.4 is 21.9 Å². The topological polar surface area (TPSA) is 98.0 Å². The lowest BCUT2D eigenvalue weighted by atomic mass is 9.81. The summed E-state index contributed by atoms with van der Waals surface area (Å²) in [5, 5.41) is 6.52. The smallest absolute Gasteiger partial charge is 0.332 e. The minimum atomic E-state index is -0.453. The van der Waals surface area contributed by atoms with E-state index < -0.39 is 11.2 Å². The van der Waals surface area contributed by atoms with Gasteiger partial charge in [0.05, 0.1) is 10.9 Å². The first-order valence-electron chi connectivity index (χ1n) is 8.37. The van der Waals surface area contributed by atoms with Gasteiger partial charge in [-0.1, -0.05) is 6.92 Å². The Morgan fingerprint density at radius 3 is 2.48 bits per heavy atom. The highest BCUT2D eigenvalue weighted by Gasteiger charge is 2.27. The number of aromatic nitrogens is 3. The monoisotopic (exact) mass is 417 g/mol. The Morgan fingerprint density at radius 2 is 1.85 bits per heavy atom. The number of rotatable bonds is 3. The Balaban J connectivity index is 0.00000182. The van der Waals surface area contributed by atoms with Crippen LogP contribution in [0.2, 0.25) is 0 Å². The molecule has 0 aliphatic carbocycles. The van der Waals surface area contributed by atoms with E-state index in [0.29, 0.717) is 12.1 Å². The fraction of sp³-hybridized carbons (Fsp3) is 0.529. The summed E-state index contributed by atoms with van der Waals surface area (Å²) >= 11 is 0. The average molecular weight is 418 g/mol. The number of hydrogen-bond acceptors (Lipinski definition) is 5. The molecule has 27 heavy (non-hydrogen) atoms. The van der Waals surface area contributed by atoms with Gasteiger partial charge in [0.2, 0.25) is 0 Å². The Morgan fingerprint density at radius 1 is 1.22 bits per heavy atom. The number of amides is 1. The molecule has 1 saturated heterocycles. The van der Waals surface area contributed by atoms with E-state index in [1.165, 1.54) is 23.9 Å². The summed E-state index contributed by atoms with van der Waals surface area (Å²) in [4.78, 5) is 40.9. The largest absolute Gasteiger partial charge is 0.351 e. The van der Waals surface area contributed by atoms with Crippen LogP contribution in [0.15, 0.2) is 21.9 Å². The van der Waals surface area contributed by atoms with Crippen LogP contribution in [0.25, 0.3) is 11.0 Å². The van der Waals surface area contributed by atoms with Gasteiger partial charge in [0, 0.05) is 26.8 Å². The minimum Gasteiger partial charge on any atom is -0.351 e. The Bertz CT molecular complexity index is 948. The first kappa shape index (κ1) is 23.1. The van der Waals surface area contributed by atoms with Crippen molar-refractivity contribution in [3.63, 3.8) is 0 Å². The first-order chi connectivity index (χ1) is 11.8. The molecule has 1 fully saturated rings. The Hall–Kier alpha value is -1.90. The van der Waals surface area contributed by atoms with Crippen LogP contribution >= 0.6 is 24.8 Å². The van der Waals surface area contributed by atoms with Crippen molar-refractivity contribution in [3.05, 3.63) is 38.7 Å². The summed E-state index contributed by atoms with van der Waals surface area (Å²) in [5.74, 6) is -0.259. The van der Waals surface area contributed by atoms with Crippen molar-refractivity contribution < 1.29 is 4.79 Å². The van der Waals surface area contributed by atoms with E-state index in [4.69, 9.17) is 0 Å². The van der Waals surface area contributed by atoms with Crippen molar-refractivity contribution in [1.29, 1.82) is 0 Å². The molecule has 0 aromatic carbocycles. The quantitative estimate of drug-likeness (QED) is 0.761. The molecular formula is C17H25Cl2N5O3. The van der Waals surface area contributed by atoms with Crippen LogP contribution in [0.4, 0.5) is 0 Å². The van der Waals surface area contributed by atoms with E-state index in [1.807, 2.05) is 0 Å². The van der Waals surface area contributed by atoms with Crippen LogP contribution in [-0.2, 0) is 14.1 Å². The number of halogens is 2. The number of piperidine rings is 1. The molecule has 10 heteroatoms. The zero-order valence-corrected chi connectivity index (χ0v) is 17.2. The van der Waals surface area contributed by atoms with E-state index in [-0.39, 0.29) is 47.2 Å². The van der Waals surface area contributed by atoms with Crippen LogP contribution in [-0.4, -0.2) is 39.7 Å². The van der Waals surface area contributed by atoms with E-state index in [0.717, 1.165) is 30.5 Å². The van der Waals surface area contributed by atoms with Crippen molar-refractivity contribution in [2.45, 2.75) is 19.8 Å². The van der Waals surface area contributed by atoms with Gasteiger partial charge >= 0.3 is 5.69 Å². The van der Waals surface area contributed by atoms with Crippen LogP contribution in [0.5, 0.6) is 0 Å². The van der Waals surface area contributed by atoms with Gasteiger partial charge in [-0.2, -0.15) is 0 Å². The molecule has 0 saturated carbocycles. The standard InChI is InChI=1S/C17H23N5O3.2ClH/c1-17(4-6-18-7-5-17)10-20-14(23)11-8-12-13(19-9-11)21(2)16(25)22(3)15(12)24;;/h8-9,18H,4-7,10H2,1-3H3,(H,20,23);2*1H. The zero-order valence-electron chi connectivity index (χ0n) is 15.6. The van der Waals surface area contributed by atoms with Gasteiger partial charge in [-0.3, -0.25) is 18.7 Å². The molecule has 2 aromatic rings. The molecule has 1 amide bonds. The maximum atomic E-state index is 12.5. The highest BCUT2D eigenvalue weighted by Crippen LogP contribution is 2.26. The number of fused-ring (bicyclic) bond motifs is 1. The molecule has 0 spiro atoms. The van der Waals surface area contributed by atoms with E-state index in [1.54, 1.807) is 7.05 Å². The van der Waals surface area contributed by atoms with Crippen molar-refractivity contribution in [3.8, 4) is 0 Å². The van der Waals surface area contributed by atoms with Gasteiger partial charge in [-0.25, -0.2) is 9.78 Å². The molecule has 1 aliphatic heterocycles. The van der Waals surface area contributed by atoms with E-state index in [9.17, 15) is 14.4 Å². The number of pyridine rings is 1. The van der Waals surface area contributed by atoms with Crippen molar-refractivity contribution in [1.82, 2.24) is 24.8 Å². The fourth-order valence-corrected chi connectivity index (χ4v) is 3.19. The molecule has 0 atom stereocenters. The van der Waals surface area contributed by atoms with Crippen molar-refractivity contribution >= 4 is 41.8 Å². The van der Waals surface area contributed by atoms with Gasteiger partial charge in [-0.05, 0) is 37.4 Å². The molecule has 3 heterocycles. The summed E-state index contributed by atoms with van der Waals surface area (Å²) in [6.45, 7) is 4.65. The second-order valence-corrected chi connectivity index (χ2v) is 7.04. The summed E-state index contributed by atoms with van der Waals surface area (Å²) in [6.07, 6.45) is 3.42. The van der Waals surface area contributed by atoms with Crippen molar-refractivity contribution in [2.75, 3.05) is 19.6 Å². The maximum absolute atomic E-state index is 12.5. The first-order valence-corrected chi connectivity index (χ1v) is 8.37. The number of carbonyl (C=O) groups excluding carboxylic acids is 1. The minimum absolute atomic E-state index is 0. The molecule has 0 unspecified atom stereocenters. The molecule has 0 radical (unpaired) electrons. The van der Waals surface area contributed by atoms with Gasteiger partial charge in [0.15, 0.2) is 0 Å². The molecular weight excluding hydrogens is 393 g/mol. The lowest BCUT2D eigenvalue weighted by molar-refractivity contribution is 0.0922. The maximum Gasteiger partial charge on any atom is 0.332 e. The molecule has 1 aliphatic rings. The third-order valence-corrected chi connectivity index (χ3v) is 5.04. The lowest BCUT2D eigenvalue weighted by Crippen LogP contribution is -2.43. The zero-order chi connectivity index (χ0) is 18.2. The number of hydrogen-bond donors (Lipinski definition) is 2. The van der Waals surface area contributed by atoms with Crippen LogP contribution in [0, 0.1) is 5.41 Å². The highest BCUT2D eigenvalue weighted by molar-refractivity contribution is 5.96. The Labute approximate surface area is 169 Å². The van der Waals surface area contributed by atoms with E-state index >= 15 is 0 Å². The van der Waals surface area contributed by atoms with Crippen molar-refractivity contribution in [2.24, 2.45) is 19.5 Å². The number of aryl methyl sites for hydroxylation is 1. The third kappa shape index (κ3) is 4.51. The van der Waals surface area contributed by atoms with Gasteiger partial charge < -0.3 is 10.6 Å². The molecule has 8 nitrogen and oxygen atoms in total. The molecule has 2 aromatic heterocycles.